The Morgan fingerprint density at radius 3 is 2.55 bits per heavy atom. The molecule has 0 unspecified atom stereocenters. The molecule has 0 bridgehead atoms. The largest absolute Gasteiger partial charge is 0.496 e. The number of carbonyl (C=O) groups is 2. The van der Waals surface area contributed by atoms with Crippen LogP contribution in [0.3, 0.4) is 0 Å². The number of ether oxygens (including phenoxy) is 3. The van der Waals surface area contributed by atoms with Crippen LogP contribution in [-0.2, 0) is 14.3 Å². The Balaban J connectivity index is 1.72. The molecular formula is C30H26N2O7S. The maximum absolute atomic E-state index is 14.0. The van der Waals surface area contributed by atoms with Crippen molar-refractivity contribution >= 4 is 40.1 Å². The third kappa shape index (κ3) is 5.01. The van der Waals surface area contributed by atoms with Gasteiger partial charge in [-0.3, -0.25) is 9.36 Å². The molecule has 1 aliphatic rings. The minimum absolute atomic E-state index is 0.172. The lowest BCUT2D eigenvalue weighted by molar-refractivity contribution is -0.140. The Morgan fingerprint density at radius 2 is 1.85 bits per heavy atom. The van der Waals surface area contributed by atoms with E-state index in [9.17, 15) is 14.4 Å². The number of aliphatic carboxylic acids is 1. The van der Waals surface area contributed by atoms with Crippen molar-refractivity contribution in [1.82, 2.24) is 4.57 Å². The van der Waals surface area contributed by atoms with Crippen molar-refractivity contribution in [3.63, 3.8) is 0 Å². The highest BCUT2D eigenvalue weighted by atomic mass is 32.1. The van der Waals surface area contributed by atoms with Gasteiger partial charge in [0.2, 0.25) is 0 Å². The molecule has 3 aromatic carbocycles. The van der Waals surface area contributed by atoms with Crippen LogP contribution in [0.25, 0.3) is 16.8 Å². The van der Waals surface area contributed by atoms with Crippen molar-refractivity contribution in [3.05, 3.63) is 103 Å². The van der Waals surface area contributed by atoms with E-state index in [1.807, 2.05) is 36.4 Å². The van der Waals surface area contributed by atoms with Crippen LogP contribution in [0.4, 0.5) is 0 Å². The molecule has 5 rings (SSSR count). The van der Waals surface area contributed by atoms with Gasteiger partial charge in [-0.2, -0.15) is 0 Å². The Labute approximate surface area is 232 Å². The molecule has 1 aromatic heterocycles. The smallest absolute Gasteiger partial charge is 0.341 e. The number of methoxy groups -OCH3 is 1. The summed E-state index contributed by atoms with van der Waals surface area (Å²) in [5, 5.41) is 10.6. The molecule has 204 valence electrons. The van der Waals surface area contributed by atoms with Crippen LogP contribution in [0.15, 0.2) is 81.7 Å². The number of hydrogen-bond acceptors (Lipinski definition) is 8. The number of benzene rings is 3. The van der Waals surface area contributed by atoms with E-state index in [1.165, 1.54) is 15.9 Å². The molecule has 0 aliphatic carbocycles. The predicted molar refractivity (Wildman–Crippen MR) is 150 cm³/mol. The van der Waals surface area contributed by atoms with E-state index in [0.717, 1.165) is 10.8 Å². The second-order valence-electron chi connectivity index (χ2n) is 8.96. The summed E-state index contributed by atoms with van der Waals surface area (Å²) < 4.78 is 18.3. The minimum Gasteiger partial charge on any atom is -0.496 e. The zero-order valence-electron chi connectivity index (χ0n) is 22.0. The van der Waals surface area contributed by atoms with Gasteiger partial charge in [0, 0.05) is 5.56 Å². The summed E-state index contributed by atoms with van der Waals surface area (Å²) in [7, 11) is 1.56. The number of esters is 1. The number of carboxylic acid groups (broad SMARTS) is 1. The molecule has 40 heavy (non-hydrogen) atoms. The van der Waals surface area contributed by atoms with Crippen LogP contribution in [0.5, 0.6) is 11.5 Å². The van der Waals surface area contributed by atoms with Gasteiger partial charge in [0.1, 0.15) is 17.5 Å². The fraction of sp³-hybridized carbons (Fsp3) is 0.200. The number of carbonyl (C=O) groups excluding carboxylic acids is 1. The second kappa shape index (κ2) is 11.2. The third-order valence-corrected chi connectivity index (χ3v) is 7.46. The van der Waals surface area contributed by atoms with Crippen molar-refractivity contribution in [3.8, 4) is 11.5 Å². The van der Waals surface area contributed by atoms with Gasteiger partial charge in [-0.25, -0.2) is 14.6 Å². The number of allylic oxidation sites excluding steroid dienone is 1. The van der Waals surface area contributed by atoms with E-state index < -0.39 is 24.6 Å². The van der Waals surface area contributed by atoms with E-state index >= 15 is 0 Å². The van der Waals surface area contributed by atoms with Crippen LogP contribution in [-0.4, -0.2) is 41.9 Å². The van der Waals surface area contributed by atoms with E-state index in [-0.39, 0.29) is 17.7 Å². The summed E-state index contributed by atoms with van der Waals surface area (Å²) in [6.07, 6.45) is 1.73. The molecule has 0 saturated carbocycles. The van der Waals surface area contributed by atoms with Crippen molar-refractivity contribution in [2.24, 2.45) is 4.99 Å². The van der Waals surface area contributed by atoms with Crippen LogP contribution >= 0.6 is 11.3 Å². The highest BCUT2D eigenvalue weighted by molar-refractivity contribution is 7.07. The Morgan fingerprint density at radius 1 is 1.10 bits per heavy atom. The number of hydrogen-bond donors (Lipinski definition) is 1. The number of carboxylic acids is 1. The first kappa shape index (κ1) is 26.9. The molecule has 1 N–H and O–H groups in total. The summed E-state index contributed by atoms with van der Waals surface area (Å²) in [5.41, 5.74) is 1.81. The number of thiazole rings is 1. The lowest BCUT2D eigenvalue weighted by atomic mass is 9.90. The quantitative estimate of drug-likeness (QED) is 0.330. The van der Waals surface area contributed by atoms with Crippen molar-refractivity contribution in [2.75, 3.05) is 20.3 Å². The molecule has 2 heterocycles. The van der Waals surface area contributed by atoms with Crippen molar-refractivity contribution in [2.45, 2.75) is 19.9 Å². The molecule has 0 fully saturated rings. The van der Waals surface area contributed by atoms with Gasteiger partial charge in [0.15, 0.2) is 11.4 Å². The molecular weight excluding hydrogens is 532 g/mol. The lowest BCUT2D eigenvalue weighted by Gasteiger charge is -2.27. The van der Waals surface area contributed by atoms with Gasteiger partial charge in [-0.1, -0.05) is 53.8 Å². The molecule has 0 saturated heterocycles. The number of fused-ring (bicyclic) bond motifs is 2. The SMILES string of the molecule is CCOC(=O)C1=C(C)N=c2s/c(=C/c3ccc(OCC(=O)O)cc3)c(=O)n2[C@H]1c1c(OC)ccc2ccccc12. The summed E-state index contributed by atoms with van der Waals surface area (Å²) in [6.45, 7) is 3.20. The van der Waals surface area contributed by atoms with Gasteiger partial charge in [-0.15, -0.1) is 0 Å². The van der Waals surface area contributed by atoms with Crippen molar-refractivity contribution in [1.29, 1.82) is 0 Å². The highest BCUT2D eigenvalue weighted by Crippen LogP contribution is 2.40. The molecule has 10 heteroatoms. The number of rotatable bonds is 8. The minimum atomic E-state index is -1.07. The summed E-state index contributed by atoms with van der Waals surface area (Å²) in [4.78, 5) is 43.2. The van der Waals surface area contributed by atoms with Gasteiger partial charge in [0.25, 0.3) is 5.56 Å². The van der Waals surface area contributed by atoms with Gasteiger partial charge < -0.3 is 19.3 Å². The summed E-state index contributed by atoms with van der Waals surface area (Å²) >= 11 is 1.22. The average molecular weight is 559 g/mol. The zero-order valence-corrected chi connectivity index (χ0v) is 22.9. The molecule has 0 amide bonds. The third-order valence-electron chi connectivity index (χ3n) is 6.48. The molecule has 0 radical (unpaired) electrons. The highest BCUT2D eigenvalue weighted by Gasteiger charge is 2.36. The van der Waals surface area contributed by atoms with E-state index in [0.29, 0.717) is 37.7 Å². The summed E-state index contributed by atoms with van der Waals surface area (Å²) in [6, 6.07) is 17.4. The Hall–Kier alpha value is -4.70. The fourth-order valence-electron chi connectivity index (χ4n) is 4.76. The summed E-state index contributed by atoms with van der Waals surface area (Å²) in [5.74, 6) is -0.680. The van der Waals surface area contributed by atoms with E-state index in [1.54, 1.807) is 51.3 Å². The standard InChI is InChI=1S/C30H26N2O7S/c1-4-38-29(36)25-17(2)31-30-32(27(25)26-21-8-6-5-7-19(21)11-14-22(26)37-3)28(35)23(40-30)15-18-9-12-20(13-10-18)39-16-24(33)34/h5-15,27H,4,16H2,1-3H3,(H,33,34)/b23-15+/t27-/m1/s1. The number of aromatic nitrogens is 1. The van der Waals surface area contributed by atoms with Crippen molar-refractivity contribution < 1.29 is 28.9 Å². The maximum Gasteiger partial charge on any atom is 0.341 e. The molecule has 1 atom stereocenters. The number of nitrogens with zero attached hydrogens (tertiary/aromatic N) is 2. The normalized spacial score (nSPS) is 15.0. The van der Waals surface area contributed by atoms with Crippen LogP contribution in [0.2, 0.25) is 0 Å². The molecule has 0 spiro atoms. The molecule has 4 aromatic rings. The van der Waals surface area contributed by atoms with E-state index in [4.69, 9.17) is 19.3 Å². The average Bonchev–Trinajstić information content (AvgIpc) is 3.25. The van der Waals surface area contributed by atoms with Gasteiger partial charge in [0.05, 0.1) is 29.5 Å². The Kier molecular flexibility index (Phi) is 7.52. The first-order chi connectivity index (χ1) is 19.3. The van der Waals surface area contributed by atoms with E-state index in [2.05, 4.69) is 4.99 Å². The lowest BCUT2D eigenvalue weighted by Crippen LogP contribution is -2.40. The van der Waals surface area contributed by atoms with Crippen LogP contribution in [0, 0.1) is 0 Å². The molecule has 9 nitrogen and oxygen atoms in total. The Bertz CT molecular complexity index is 1830. The maximum atomic E-state index is 14.0. The topological polar surface area (TPSA) is 116 Å². The molecule has 1 aliphatic heterocycles. The van der Waals surface area contributed by atoms with Gasteiger partial charge >= 0.3 is 11.9 Å². The second-order valence-corrected chi connectivity index (χ2v) is 9.97. The van der Waals surface area contributed by atoms with Crippen LogP contribution < -0.4 is 24.4 Å². The first-order valence-electron chi connectivity index (χ1n) is 12.5. The first-order valence-corrected chi connectivity index (χ1v) is 13.3. The fourth-order valence-corrected chi connectivity index (χ4v) is 5.80. The monoisotopic (exact) mass is 558 g/mol. The zero-order chi connectivity index (χ0) is 28.4. The van der Waals surface area contributed by atoms with Crippen LogP contribution in [0.1, 0.15) is 31.0 Å². The van der Waals surface area contributed by atoms with Gasteiger partial charge in [-0.05, 0) is 54.5 Å². The predicted octanol–water partition coefficient (Wildman–Crippen LogP) is 3.42.